The van der Waals surface area contributed by atoms with Crippen LogP contribution in [0.25, 0.3) is 0 Å². The quantitative estimate of drug-likeness (QED) is 0.827. The molecule has 3 unspecified atom stereocenters. The van der Waals surface area contributed by atoms with E-state index in [1.807, 2.05) is 4.90 Å². The van der Waals surface area contributed by atoms with Crippen molar-refractivity contribution in [2.75, 3.05) is 33.3 Å². The van der Waals surface area contributed by atoms with E-state index in [4.69, 9.17) is 4.74 Å². The minimum Gasteiger partial charge on any atom is -0.374 e. The maximum atomic E-state index is 12.6. The van der Waals surface area contributed by atoms with Crippen LogP contribution >= 0.6 is 0 Å². The molecule has 0 bridgehead atoms. The minimum atomic E-state index is -0.0521. The smallest absolute Gasteiger partial charge is 0.241 e. The first-order valence-corrected chi connectivity index (χ1v) is 7.76. The summed E-state index contributed by atoms with van der Waals surface area (Å²) in [4.78, 5) is 16.9. The van der Waals surface area contributed by atoms with Crippen LogP contribution in [0.4, 0.5) is 0 Å². The maximum absolute atomic E-state index is 12.6. The van der Waals surface area contributed by atoms with Crippen molar-refractivity contribution in [2.24, 2.45) is 11.8 Å². The molecule has 20 heavy (non-hydrogen) atoms. The third-order valence-electron chi connectivity index (χ3n) is 4.28. The normalized spacial score (nSPS) is 32.6. The molecule has 1 amide bonds. The number of hydrogen-bond donors (Lipinski definition) is 1. The van der Waals surface area contributed by atoms with Gasteiger partial charge in [0.05, 0.1) is 24.9 Å². The first kappa shape index (κ1) is 15.7. The van der Waals surface area contributed by atoms with Crippen molar-refractivity contribution in [3.8, 4) is 0 Å². The van der Waals surface area contributed by atoms with Crippen molar-refractivity contribution >= 4 is 5.91 Å². The van der Waals surface area contributed by atoms with Crippen LogP contribution in [0.5, 0.6) is 0 Å². The van der Waals surface area contributed by atoms with E-state index in [2.05, 4.69) is 45.0 Å². The van der Waals surface area contributed by atoms with Gasteiger partial charge < -0.3 is 14.5 Å². The van der Waals surface area contributed by atoms with Crippen molar-refractivity contribution < 1.29 is 9.53 Å². The number of carbonyl (C=O) groups is 1. The summed E-state index contributed by atoms with van der Waals surface area (Å²) in [6.45, 7) is 11.9. The molecule has 1 N–H and O–H groups in total. The third kappa shape index (κ3) is 3.32. The number of carbonyl (C=O) groups excluding carboxylic acids is 1. The fraction of sp³-hybridized carbons (Fsp3) is 0.933. The van der Waals surface area contributed by atoms with E-state index in [9.17, 15) is 4.79 Å². The fourth-order valence-corrected chi connectivity index (χ4v) is 3.09. The average molecular weight is 283 g/mol. The monoisotopic (exact) mass is 283 g/mol. The van der Waals surface area contributed by atoms with Crippen molar-refractivity contribution in [3.63, 3.8) is 0 Å². The molecule has 0 spiro atoms. The Hall–Kier alpha value is -0.650. The van der Waals surface area contributed by atoms with Gasteiger partial charge in [0.15, 0.2) is 0 Å². The number of ether oxygens (including phenoxy) is 1. The summed E-state index contributed by atoms with van der Waals surface area (Å²) in [5.74, 6) is 0.961. The lowest BCUT2D eigenvalue weighted by atomic mass is 10.0. The van der Waals surface area contributed by atoms with Crippen LogP contribution in [0.1, 0.15) is 27.7 Å². The standard InChI is InChI=1S/C15H29N3O2/c1-10(2)13-15(19)18(14(16-13)11(3)4)9-12-8-17(5)6-7-20-12/h10-14,16H,6-9H2,1-5H3. The number of nitrogens with one attached hydrogen (secondary N) is 1. The van der Waals surface area contributed by atoms with E-state index in [1.165, 1.54) is 0 Å². The molecule has 3 atom stereocenters. The largest absolute Gasteiger partial charge is 0.374 e. The summed E-state index contributed by atoms with van der Waals surface area (Å²) in [6, 6.07) is -0.0521. The van der Waals surface area contributed by atoms with Crippen molar-refractivity contribution in [2.45, 2.75) is 46.0 Å². The van der Waals surface area contributed by atoms with Gasteiger partial charge in [-0.2, -0.15) is 0 Å². The van der Waals surface area contributed by atoms with Gasteiger partial charge in [0, 0.05) is 19.6 Å². The SMILES string of the molecule is CC(C)C1NC(C(C)C)N(CC2CN(C)CCO2)C1=O. The van der Waals surface area contributed by atoms with Crippen LogP contribution in [0.15, 0.2) is 0 Å². The highest BCUT2D eigenvalue weighted by atomic mass is 16.5. The summed E-state index contributed by atoms with van der Waals surface area (Å²) >= 11 is 0. The first-order valence-electron chi connectivity index (χ1n) is 7.76. The lowest BCUT2D eigenvalue weighted by molar-refractivity contribution is -0.134. The molecule has 2 heterocycles. The molecule has 0 aromatic heterocycles. The highest BCUT2D eigenvalue weighted by molar-refractivity contribution is 5.84. The second kappa shape index (κ2) is 6.41. The average Bonchev–Trinajstić information content (AvgIpc) is 2.67. The molecule has 0 aliphatic carbocycles. The Balaban J connectivity index is 2.04. The Bertz CT molecular complexity index is 346. The fourth-order valence-electron chi connectivity index (χ4n) is 3.09. The molecule has 0 aromatic rings. The number of likely N-dealkylation sites (N-methyl/N-ethyl adjacent to an activating group) is 1. The third-order valence-corrected chi connectivity index (χ3v) is 4.28. The van der Waals surface area contributed by atoms with Crippen molar-refractivity contribution in [3.05, 3.63) is 0 Å². The molecule has 5 heteroatoms. The van der Waals surface area contributed by atoms with Gasteiger partial charge in [-0.25, -0.2) is 0 Å². The summed E-state index contributed by atoms with van der Waals surface area (Å²) < 4.78 is 5.82. The number of nitrogens with zero attached hydrogens (tertiary/aromatic N) is 2. The van der Waals surface area contributed by atoms with E-state index >= 15 is 0 Å². The molecule has 2 aliphatic rings. The second-order valence-corrected chi connectivity index (χ2v) is 6.82. The molecule has 2 fully saturated rings. The molecule has 2 rings (SSSR count). The number of hydrogen-bond acceptors (Lipinski definition) is 4. The van der Waals surface area contributed by atoms with Gasteiger partial charge in [-0.05, 0) is 18.9 Å². The van der Waals surface area contributed by atoms with Crippen LogP contribution < -0.4 is 5.32 Å². The van der Waals surface area contributed by atoms with E-state index in [0.717, 1.165) is 19.7 Å². The molecule has 0 saturated carbocycles. The number of rotatable bonds is 4. The molecule has 0 radical (unpaired) electrons. The van der Waals surface area contributed by atoms with Crippen LogP contribution in [0.3, 0.4) is 0 Å². The van der Waals surface area contributed by atoms with Crippen molar-refractivity contribution in [1.29, 1.82) is 0 Å². The summed E-state index contributed by atoms with van der Waals surface area (Å²) in [6.07, 6.45) is 0.261. The Labute approximate surface area is 122 Å². The Kier molecular flexibility index (Phi) is 5.04. The Morgan fingerprint density at radius 2 is 2.00 bits per heavy atom. The zero-order chi connectivity index (χ0) is 14.9. The topological polar surface area (TPSA) is 44.8 Å². The van der Waals surface area contributed by atoms with Gasteiger partial charge in [-0.3, -0.25) is 10.1 Å². The van der Waals surface area contributed by atoms with Crippen LogP contribution in [-0.4, -0.2) is 67.3 Å². The predicted octanol–water partition coefficient (Wildman–Crippen LogP) is 0.756. The van der Waals surface area contributed by atoms with Crippen LogP contribution in [0, 0.1) is 11.8 Å². The molecule has 2 aliphatic heterocycles. The Morgan fingerprint density at radius 1 is 1.30 bits per heavy atom. The molecular formula is C15H29N3O2. The van der Waals surface area contributed by atoms with Gasteiger partial charge in [-0.15, -0.1) is 0 Å². The molecule has 0 aromatic carbocycles. The van der Waals surface area contributed by atoms with Gasteiger partial charge in [-0.1, -0.05) is 27.7 Å². The van der Waals surface area contributed by atoms with Gasteiger partial charge in [0.2, 0.25) is 5.91 Å². The number of morpholine rings is 1. The highest BCUT2D eigenvalue weighted by Gasteiger charge is 2.42. The van der Waals surface area contributed by atoms with E-state index in [1.54, 1.807) is 0 Å². The second-order valence-electron chi connectivity index (χ2n) is 6.82. The van der Waals surface area contributed by atoms with Gasteiger partial charge in [0.25, 0.3) is 0 Å². The van der Waals surface area contributed by atoms with E-state index in [0.29, 0.717) is 18.4 Å². The molecule has 5 nitrogen and oxygen atoms in total. The number of amides is 1. The van der Waals surface area contributed by atoms with E-state index < -0.39 is 0 Å². The Morgan fingerprint density at radius 3 is 2.55 bits per heavy atom. The van der Waals surface area contributed by atoms with Crippen LogP contribution in [0.2, 0.25) is 0 Å². The first-order chi connectivity index (χ1) is 9.40. The highest BCUT2D eigenvalue weighted by Crippen LogP contribution is 2.22. The lowest BCUT2D eigenvalue weighted by Gasteiger charge is -2.35. The van der Waals surface area contributed by atoms with Gasteiger partial charge >= 0.3 is 0 Å². The minimum absolute atomic E-state index is 0.0521. The zero-order valence-electron chi connectivity index (χ0n) is 13.4. The maximum Gasteiger partial charge on any atom is 0.241 e. The van der Waals surface area contributed by atoms with E-state index in [-0.39, 0.29) is 24.2 Å². The van der Waals surface area contributed by atoms with Crippen LogP contribution in [-0.2, 0) is 9.53 Å². The predicted molar refractivity (Wildman–Crippen MR) is 79.3 cm³/mol. The molecular weight excluding hydrogens is 254 g/mol. The lowest BCUT2D eigenvalue weighted by Crippen LogP contribution is -2.50. The van der Waals surface area contributed by atoms with Crippen molar-refractivity contribution in [1.82, 2.24) is 15.1 Å². The summed E-state index contributed by atoms with van der Waals surface area (Å²) in [5, 5.41) is 3.50. The molecule has 116 valence electrons. The summed E-state index contributed by atoms with van der Waals surface area (Å²) in [5.41, 5.74) is 0. The summed E-state index contributed by atoms with van der Waals surface area (Å²) in [7, 11) is 2.11. The molecule has 2 saturated heterocycles. The zero-order valence-corrected chi connectivity index (χ0v) is 13.4. The van der Waals surface area contributed by atoms with Gasteiger partial charge in [0.1, 0.15) is 0 Å².